The first kappa shape index (κ1) is 13.1. The highest BCUT2D eigenvalue weighted by atomic mass is 16.3. The lowest BCUT2D eigenvalue weighted by molar-refractivity contribution is 0.177. The van der Waals surface area contributed by atoms with E-state index in [0.717, 1.165) is 17.5 Å². The summed E-state index contributed by atoms with van der Waals surface area (Å²) >= 11 is 0. The molecule has 0 amide bonds. The molecule has 0 bridgehead atoms. The van der Waals surface area contributed by atoms with E-state index < -0.39 is 6.10 Å². The van der Waals surface area contributed by atoms with Crippen molar-refractivity contribution in [2.75, 3.05) is 13.1 Å². The summed E-state index contributed by atoms with van der Waals surface area (Å²) in [5, 5.41) is 18.4. The van der Waals surface area contributed by atoms with Crippen molar-refractivity contribution in [3.63, 3.8) is 0 Å². The number of aliphatic hydroxyl groups excluding tert-OH is 1. The molecule has 0 saturated carbocycles. The van der Waals surface area contributed by atoms with Gasteiger partial charge in [0.05, 0.1) is 6.10 Å². The normalized spacial score (nSPS) is 12.9. The summed E-state index contributed by atoms with van der Waals surface area (Å²) in [4.78, 5) is 0. The van der Waals surface area contributed by atoms with Crippen LogP contribution in [0, 0.1) is 0 Å². The van der Waals surface area contributed by atoms with E-state index in [-0.39, 0.29) is 0 Å². The molecule has 2 heteroatoms. The van der Waals surface area contributed by atoms with E-state index in [2.05, 4.69) is 47.8 Å². The molecule has 0 aliphatic rings. The minimum atomic E-state index is -0.482. The molecule has 0 aliphatic carbocycles. The van der Waals surface area contributed by atoms with Crippen LogP contribution in [0.5, 0.6) is 0 Å². The second kappa shape index (κ2) is 5.61. The fourth-order valence-corrected chi connectivity index (χ4v) is 2.75. The van der Waals surface area contributed by atoms with Gasteiger partial charge in [-0.2, -0.15) is 0 Å². The maximum absolute atomic E-state index is 10.4. The molecule has 0 fully saturated rings. The number of nitrogens with one attached hydrogen (secondary N) is 1. The maximum Gasteiger partial charge on any atom is 0.0920 e. The third-order valence-corrected chi connectivity index (χ3v) is 3.75. The van der Waals surface area contributed by atoms with Gasteiger partial charge < -0.3 is 10.4 Å². The molecular formula is C18H19NO. The summed E-state index contributed by atoms with van der Waals surface area (Å²) in [6.45, 7) is 3.49. The Bertz CT molecular complexity index is 736. The van der Waals surface area contributed by atoms with Gasteiger partial charge >= 0.3 is 0 Å². The van der Waals surface area contributed by atoms with Gasteiger partial charge in [-0.15, -0.1) is 0 Å². The van der Waals surface area contributed by atoms with E-state index in [1.165, 1.54) is 16.2 Å². The van der Waals surface area contributed by atoms with Gasteiger partial charge in [0, 0.05) is 6.54 Å². The Hall–Kier alpha value is -1.90. The highest BCUT2D eigenvalue weighted by Gasteiger charge is 2.12. The van der Waals surface area contributed by atoms with Crippen LogP contribution in [0.15, 0.2) is 54.6 Å². The van der Waals surface area contributed by atoms with Gasteiger partial charge in [0.2, 0.25) is 0 Å². The number of benzene rings is 3. The second-order valence-electron chi connectivity index (χ2n) is 5.06. The quantitative estimate of drug-likeness (QED) is 0.706. The van der Waals surface area contributed by atoms with Crippen molar-refractivity contribution in [1.29, 1.82) is 0 Å². The summed E-state index contributed by atoms with van der Waals surface area (Å²) in [6.07, 6.45) is -0.482. The Kier molecular flexibility index (Phi) is 3.68. The smallest absolute Gasteiger partial charge is 0.0920 e. The van der Waals surface area contributed by atoms with Crippen LogP contribution in [-0.2, 0) is 0 Å². The van der Waals surface area contributed by atoms with Crippen LogP contribution in [0.1, 0.15) is 18.6 Å². The zero-order chi connectivity index (χ0) is 13.9. The molecule has 20 heavy (non-hydrogen) atoms. The van der Waals surface area contributed by atoms with E-state index in [9.17, 15) is 5.11 Å². The third-order valence-electron chi connectivity index (χ3n) is 3.75. The average molecular weight is 265 g/mol. The zero-order valence-electron chi connectivity index (χ0n) is 11.6. The summed E-state index contributed by atoms with van der Waals surface area (Å²) in [5.41, 5.74) is 1.00. The van der Waals surface area contributed by atoms with Gasteiger partial charge in [-0.1, -0.05) is 55.5 Å². The van der Waals surface area contributed by atoms with Gasteiger partial charge in [-0.3, -0.25) is 0 Å². The number of likely N-dealkylation sites (N-methyl/N-ethyl adjacent to an activating group) is 1. The number of fused-ring (bicyclic) bond motifs is 3. The van der Waals surface area contributed by atoms with Gasteiger partial charge in [0.1, 0.15) is 0 Å². The van der Waals surface area contributed by atoms with E-state index in [1.807, 2.05) is 19.1 Å². The Balaban J connectivity index is 2.23. The first-order chi connectivity index (χ1) is 9.81. The Labute approximate surface area is 119 Å². The van der Waals surface area contributed by atoms with Crippen LogP contribution in [0.3, 0.4) is 0 Å². The van der Waals surface area contributed by atoms with Crippen molar-refractivity contribution >= 4 is 21.5 Å². The van der Waals surface area contributed by atoms with Gasteiger partial charge in [0.25, 0.3) is 0 Å². The number of rotatable bonds is 4. The largest absolute Gasteiger partial charge is 0.387 e. The van der Waals surface area contributed by atoms with Crippen LogP contribution in [-0.4, -0.2) is 18.2 Å². The van der Waals surface area contributed by atoms with E-state index >= 15 is 0 Å². The molecule has 0 unspecified atom stereocenters. The predicted molar refractivity (Wildman–Crippen MR) is 85.0 cm³/mol. The Morgan fingerprint density at radius 3 is 2.35 bits per heavy atom. The molecule has 1 atom stereocenters. The van der Waals surface area contributed by atoms with Gasteiger partial charge in [-0.25, -0.2) is 0 Å². The Morgan fingerprint density at radius 1 is 0.950 bits per heavy atom. The molecule has 0 aliphatic heterocycles. The van der Waals surface area contributed by atoms with Gasteiger partial charge in [-0.05, 0) is 39.7 Å². The summed E-state index contributed by atoms with van der Waals surface area (Å²) in [7, 11) is 0. The van der Waals surface area contributed by atoms with Crippen molar-refractivity contribution in [2.45, 2.75) is 13.0 Å². The SMILES string of the molecule is CCNC[C@@H](O)c1cc2ccccc2c2ccccc12. The highest BCUT2D eigenvalue weighted by molar-refractivity contribution is 6.09. The molecule has 0 saturated heterocycles. The molecule has 2 nitrogen and oxygen atoms in total. The lowest BCUT2D eigenvalue weighted by Gasteiger charge is -2.16. The first-order valence-corrected chi connectivity index (χ1v) is 7.10. The second-order valence-corrected chi connectivity index (χ2v) is 5.06. The molecule has 3 aromatic carbocycles. The zero-order valence-corrected chi connectivity index (χ0v) is 11.6. The van der Waals surface area contributed by atoms with Crippen LogP contribution in [0.2, 0.25) is 0 Å². The van der Waals surface area contributed by atoms with Crippen LogP contribution < -0.4 is 5.32 Å². The number of aliphatic hydroxyl groups is 1. The molecule has 102 valence electrons. The van der Waals surface area contributed by atoms with Crippen LogP contribution >= 0.6 is 0 Å². The van der Waals surface area contributed by atoms with E-state index in [4.69, 9.17) is 0 Å². The van der Waals surface area contributed by atoms with Crippen molar-refractivity contribution in [3.05, 3.63) is 60.2 Å². The third kappa shape index (κ3) is 2.28. The first-order valence-electron chi connectivity index (χ1n) is 7.10. The summed E-state index contributed by atoms with van der Waals surface area (Å²) < 4.78 is 0. The molecule has 2 N–H and O–H groups in total. The average Bonchev–Trinajstić information content (AvgIpc) is 2.52. The van der Waals surface area contributed by atoms with Crippen LogP contribution in [0.25, 0.3) is 21.5 Å². The molecule has 0 heterocycles. The monoisotopic (exact) mass is 265 g/mol. The minimum Gasteiger partial charge on any atom is -0.387 e. The number of hydrogen-bond donors (Lipinski definition) is 2. The van der Waals surface area contributed by atoms with E-state index in [1.54, 1.807) is 0 Å². The molecule has 3 aromatic rings. The van der Waals surface area contributed by atoms with E-state index in [0.29, 0.717) is 6.54 Å². The maximum atomic E-state index is 10.4. The fraction of sp³-hybridized carbons (Fsp3) is 0.222. The standard InChI is InChI=1S/C18H19NO/c1-2-19-12-18(20)17-11-13-7-3-4-8-14(13)15-9-5-6-10-16(15)17/h3-11,18-20H,2,12H2,1H3/t18-/m1/s1. The van der Waals surface area contributed by atoms with Crippen LogP contribution in [0.4, 0.5) is 0 Å². The van der Waals surface area contributed by atoms with Crippen molar-refractivity contribution in [2.24, 2.45) is 0 Å². The lowest BCUT2D eigenvalue weighted by Crippen LogP contribution is -2.21. The fourth-order valence-electron chi connectivity index (χ4n) is 2.75. The van der Waals surface area contributed by atoms with Crippen molar-refractivity contribution in [1.82, 2.24) is 5.32 Å². The summed E-state index contributed by atoms with van der Waals surface area (Å²) in [6, 6.07) is 18.7. The summed E-state index contributed by atoms with van der Waals surface area (Å²) in [5.74, 6) is 0. The molecule has 3 rings (SSSR count). The van der Waals surface area contributed by atoms with Gasteiger partial charge in [0.15, 0.2) is 0 Å². The lowest BCUT2D eigenvalue weighted by atomic mass is 9.94. The van der Waals surface area contributed by atoms with Crippen molar-refractivity contribution in [3.8, 4) is 0 Å². The van der Waals surface area contributed by atoms with Crippen molar-refractivity contribution < 1.29 is 5.11 Å². The predicted octanol–water partition coefficient (Wildman–Crippen LogP) is 3.64. The molecule has 0 radical (unpaired) electrons. The highest BCUT2D eigenvalue weighted by Crippen LogP contribution is 2.31. The molecule has 0 spiro atoms. The number of hydrogen-bond acceptors (Lipinski definition) is 2. The minimum absolute atomic E-state index is 0.482. The Morgan fingerprint density at radius 2 is 1.60 bits per heavy atom. The topological polar surface area (TPSA) is 32.3 Å². The molecular weight excluding hydrogens is 246 g/mol. The molecule has 0 aromatic heterocycles.